The van der Waals surface area contributed by atoms with Crippen LogP contribution in [0.4, 0.5) is 0 Å². The molecular weight excluding hydrogens is 342 g/mol. The number of benzene rings is 1. The van der Waals surface area contributed by atoms with Gasteiger partial charge in [0.2, 0.25) is 0 Å². The summed E-state index contributed by atoms with van der Waals surface area (Å²) in [5.74, 6) is 1.48. The zero-order chi connectivity index (χ0) is 19.3. The summed E-state index contributed by atoms with van der Waals surface area (Å²) in [5.41, 5.74) is 1.10. The van der Waals surface area contributed by atoms with Crippen LogP contribution in [-0.4, -0.2) is 50.5 Å². The second-order valence-corrected chi connectivity index (χ2v) is 6.93. The van der Waals surface area contributed by atoms with E-state index in [4.69, 9.17) is 9.47 Å². The molecule has 0 saturated heterocycles. The van der Waals surface area contributed by atoms with Crippen LogP contribution in [0.1, 0.15) is 51.0 Å². The van der Waals surface area contributed by atoms with Crippen LogP contribution in [0.2, 0.25) is 0 Å². The second kappa shape index (κ2) is 12.4. The van der Waals surface area contributed by atoms with Gasteiger partial charge >= 0.3 is 0 Å². The van der Waals surface area contributed by atoms with Gasteiger partial charge in [-0.15, -0.1) is 0 Å². The maximum atomic E-state index is 9.67. The van der Waals surface area contributed by atoms with Gasteiger partial charge in [0.15, 0.2) is 17.5 Å². The van der Waals surface area contributed by atoms with E-state index in [9.17, 15) is 5.11 Å². The number of methoxy groups -OCH3 is 1. The maximum Gasteiger partial charge on any atom is 0.191 e. The molecule has 1 aromatic rings. The van der Waals surface area contributed by atoms with Gasteiger partial charge in [-0.25, -0.2) is 0 Å². The molecule has 0 heterocycles. The van der Waals surface area contributed by atoms with Gasteiger partial charge in [-0.1, -0.05) is 31.7 Å². The molecule has 152 valence electrons. The molecule has 0 radical (unpaired) electrons. The fourth-order valence-electron chi connectivity index (χ4n) is 3.33. The van der Waals surface area contributed by atoms with E-state index in [2.05, 4.69) is 22.5 Å². The predicted molar refractivity (Wildman–Crippen MR) is 110 cm³/mol. The van der Waals surface area contributed by atoms with E-state index >= 15 is 0 Å². The van der Waals surface area contributed by atoms with E-state index in [1.165, 1.54) is 38.5 Å². The minimum absolute atomic E-state index is 0.165. The standard InChI is InChI=1S/C21H35N3O3/c1-3-22-21(24-14-15-27-18-8-6-4-5-7-9-18)23-13-12-17-10-11-19(25)20(16-17)26-2/h10-11,16,18,25H,3-9,12-15H2,1-2H3,(H2,22,23,24). The fourth-order valence-corrected chi connectivity index (χ4v) is 3.33. The quantitative estimate of drug-likeness (QED) is 0.267. The van der Waals surface area contributed by atoms with Crippen molar-refractivity contribution in [3.8, 4) is 11.5 Å². The van der Waals surface area contributed by atoms with Crippen LogP contribution in [0.3, 0.4) is 0 Å². The van der Waals surface area contributed by atoms with Crippen molar-refractivity contribution in [1.82, 2.24) is 10.6 Å². The highest BCUT2D eigenvalue weighted by atomic mass is 16.5. The van der Waals surface area contributed by atoms with Crippen molar-refractivity contribution in [2.45, 2.75) is 58.0 Å². The Hall–Kier alpha value is -1.95. The van der Waals surface area contributed by atoms with Crippen molar-refractivity contribution >= 4 is 5.96 Å². The number of aliphatic imine (C=N–C) groups is 1. The van der Waals surface area contributed by atoms with E-state index in [0.717, 1.165) is 31.0 Å². The van der Waals surface area contributed by atoms with Gasteiger partial charge in [0.05, 0.1) is 26.4 Å². The summed E-state index contributed by atoms with van der Waals surface area (Å²) in [4.78, 5) is 4.61. The number of guanidine groups is 1. The van der Waals surface area contributed by atoms with Crippen molar-refractivity contribution in [1.29, 1.82) is 0 Å². The Labute approximate surface area is 163 Å². The van der Waals surface area contributed by atoms with Crippen LogP contribution in [0.15, 0.2) is 23.2 Å². The molecule has 6 heteroatoms. The van der Waals surface area contributed by atoms with Crippen molar-refractivity contribution < 1.29 is 14.6 Å². The van der Waals surface area contributed by atoms with Gasteiger partial charge in [-0.2, -0.15) is 0 Å². The number of nitrogens with zero attached hydrogens (tertiary/aromatic N) is 1. The van der Waals surface area contributed by atoms with Gasteiger partial charge in [-0.05, 0) is 43.9 Å². The smallest absolute Gasteiger partial charge is 0.191 e. The number of phenols is 1. The lowest BCUT2D eigenvalue weighted by atomic mass is 10.1. The summed E-state index contributed by atoms with van der Waals surface area (Å²) in [6.45, 7) is 4.98. The number of nitrogens with one attached hydrogen (secondary N) is 2. The van der Waals surface area contributed by atoms with Gasteiger partial charge < -0.3 is 25.2 Å². The molecule has 1 fully saturated rings. The molecule has 6 nitrogen and oxygen atoms in total. The first-order valence-electron chi connectivity index (χ1n) is 10.2. The highest BCUT2D eigenvalue weighted by Gasteiger charge is 2.12. The van der Waals surface area contributed by atoms with Crippen LogP contribution >= 0.6 is 0 Å². The van der Waals surface area contributed by atoms with Crippen LogP contribution in [-0.2, 0) is 11.2 Å². The van der Waals surface area contributed by atoms with Crippen molar-refractivity contribution in [2.24, 2.45) is 4.99 Å². The number of phenolic OH excluding ortho intramolecular Hbond substituents is 1. The normalized spacial score (nSPS) is 16.0. The molecule has 0 bridgehead atoms. The lowest BCUT2D eigenvalue weighted by molar-refractivity contribution is 0.0487. The van der Waals surface area contributed by atoms with E-state index in [0.29, 0.717) is 25.0 Å². The van der Waals surface area contributed by atoms with Gasteiger partial charge in [0.25, 0.3) is 0 Å². The number of hydrogen-bond donors (Lipinski definition) is 3. The summed E-state index contributed by atoms with van der Waals surface area (Å²) >= 11 is 0. The molecule has 2 rings (SSSR count). The largest absolute Gasteiger partial charge is 0.504 e. The molecule has 1 aliphatic rings. The molecule has 1 aliphatic carbocycles. The molecule has 1 saturated carbocycles. The Morgan fingerprint density at radius 2 is 1.96 bits per heavy atom. The van der Waals surface area contributed by atoms with Crippen LogP contribution in [0.25, 0.3) is 0 Å². The SMILES string of the molecule is CCNC(=NCCOC1CCCCCC1)NCCc1ccc(O)c(OC)c1. The third-order valence-electron chi connectivity index (χ3n) is 4.81. The highest BCUT2D eigenvalue weighted by Crippen LogP contribution is 2.26. The third kappa shape index (κ3) is 8.08. The first kappa shape index (κ1) is 21.4. The Kier molecular flexibility index (Phi) is 9.84. The van der Waals surface area contributed by atoms with Gasteiger partial charge in [0, 0.05) is 13.1 Å². The Bertz CT molecular complexity index is 570. The molecule has 3 N–H and O–H groups in total. The third-order valence-corrected chi connectivity index (χ3v) is 4.81. The van der Waals surface area contributed by atoms with Crippen LogP contribution < -0.4 is 15.4 Å². The molecular formula is C21H35N3O3. The monoisotopic (exact) mass is 377 g/mol. The van der Waals surface area contributed by atoms with E-state index < -0.39 is 0 Å². The first-order chi connectivity index (χ1) is 13.2. The number of aromatic hydroxyl groups is 1. The lowest BCUT2D eigenvalue weighted by Crippen LogP contribution is -2.38. The molecule has 0 spiro atoms. The molecule has 27 heavy (non-hydrogen) atoms. The molecule has 1 aromatic carbocycles. The molecule has 0 unspecified atom stereocenters. The minimum Gasteiger partial charge on any atom is -0.504 e. The number of hydrogen-bond acceptors (Lipinski definition) is 4. The second-order valence-electron chi connectivity index (χ2n) is 6.93. The van der Waals surface area contributed by atoms with E-state index in [1.54, 1.807) is 13.2 Å². The van der Waals surface area contributed by atoms with Crippen LogP contribution in [0, 0.1) is 0 Å². The van der Waals surface area contributed by atoms with Crippen LogP contribution in [0.5, 0.6) is 11.5 Å². The Morgan fingerprint density at radius 3 is 2.67 bits per heavy atom. The molecule has 0 aromatic heterocycles. The van der Waals surface area contributed by atoms with Crippen molar-refractivity contribution in [3.05, 3.63) is 23.8 Å². The number of rotatable bonds is 9. The average molecular weight is 378 g/mol. The maximum absolute atomic E-state index is 9.67. The summed E-state index contributed by atoms with van der Waals surface area (Å²) in [6.07, 6.45) is 8.90. The molecule has 0 atom stereocenters. The highest BCUT2D eigenvalue weighted by molar-refractivity contribution is 5.79. The van der Waals surface area contributed by atoms with Crippen molar-refractivity contribution in [2.75, 3.05) is 33.4 Å². The summed E-state index contributed by atoms with van der Waals surface area (Å²) in [6, 6.07) is 5.43. The molecule has 0 amide bonds. The van der Waals surface area contributed by atoms with Gasteiger partial charge in [-0.3, -0.25) is 4.99 Å². The fraction of sp³-hybridized carbons (Fsp3) is 0.667. The Morgan fingerprint density at radius 1 is 1.19 bits per heavy atom. The number of ether oxygens (including phenoxy) is 2. The van der Waals surface area contributed by atoms with Crippen molar-refractivity contribution in [3.63, 3.8) is 0 Å². The van der Waals surface area contributed by atoms with E-state index in [-0.39, 0.29) is 5.75 Å². The average Bonchev–Trinajstić information content (AvgIpc) is 2.95. The Balaban J connectivity index is 1.72. The zero-order valence-electron chi connectivity index (χ0n) is 16.8. The van der Waals surface area contributed by atoms with E-state index in [1.807, 2.05) is 12.1 Å². The minimum atomic E-state index is 0.165. The topological polar surface area (TPSA) is 75.1 Å². The summed E-state index contributed by atoms with van der Waals surface area (Å²) < 4.78 is 11.2. The van der Waals surface area contributed by atoms with Gasteiger partial charge in [0.1, 0.15) is 0 Å². The molecule has 0 aliphatic heterocycles. The summed E-state index contributed by atoms with van der Waals surface area (Å²) in [7, 11) is 1.56. The first-order valence-corrected chi connectivity index (χ1v) is 10.2. The predicted octanol–water partition coefficient (Wildman–Crippen LogP) is 3.24. The zero-order valence-corrected chi connectivity index (χ0v) is 16.8. The summed E-state index contributed by atoms with van der Waals surface area (Å²) in [5, 5.41) is 16.3. The lowest BCUT2D eigenvalue weighted by Gasteiger charge is -2.15.